The number of methoxy groups -OCH3 is 3. The average molecular weight is 875 g/mol. The summed E-state index contributed by atoms with van der Waals surface area (Å²) in [6.07, 6.45) is -0.570. The molecule has 4 aliphatic rings. The molecule has 4 amide bonds. The van der Waals surface area contributed by atoms with E-state index in [1.54, 1.807) is 7.05 Å². The Morgan fingerprint density at radius 3 is 1.53 bits per heavy atom. The molecule has 0 aliphatic carbocycles. The highest BCUT2D eigenvalue weighted by Crippen LogP contribution is 2.34. The number of hydrogen-bond acceptors (Lipinski definition) is 19. The molecule has 1 aromatic heterocycles. The number of epoxide rings is 2. The minimum Gasteiger partial charge on any atom is -0.491 e. The van der Waals surface area contributed by atoms with Crippen molar-refractivity contribution in [3.8, 4) is 16.9 Å². The van der Waals surface area contributed by atoms with E-state index in [0.717, 1.165) is 24.5 Å². The summed E-state index contributed by atoms with van der Waals surface area (Å²) in [4.78, 5) is 50.8. The second kappa shape index (κ2) is 26.1. The Morgan fingerprint density at radius 1 is 0.677 bits per heavy atom. The van der Waals surface area contributed by atoms with Gasteiger partial charge < -0.3 is 74.1 Å². The first-order valence-electron chi connectivity index (χ1n) is 19.6. The first-order chi connectivity index (χ1) is 30.2. The lowest BCUT2D eigenvalue weighted by Gasteiger charge is -2.28. The van der Waals surface area contributed by atoms with Gasteiger partial charge in [0.25, 0.3) is 0 Å². The summed E-state index contributed by atoms with van der Waals surface area (Å²) in [5.74, 6) is 1.80. The van der Waals surface area contributed by atoms with Crippen molar-refractivity contribution in [1.82, 2.24) is 34.6 Å². The van der Waals surface area contributed by atoms with Crippen LogP contribution in [-0.2, 0) is 39.8 Å². The largest absolute Gasteiger partial charge is 0.491 e. The number of rotatable bonds is 22. The van der Waals surface area contributed by atoms with Crippen LogP contribution in [0.2, 0.25) is 0 Å². The van der Waals surface area contributed by atoms with Gasteiger partial charge in [-0.1, -0.05) is 36.4 Å². The number of nitrogens with zero attached hydrogens (tertiary/aromatic N) is 7. The molecule has 4 aliphatic heterocycles. The fourth-order valence-electron chi connectivity index (χ4n) is 6.02. The Kier molecular flexibility index (Phi) is 20.7. The van der Waals surface area contributed by atoms with E-state index in [4.69, 9.17) is 53.3 Å². The molecule has 23 nitrogen and oxygen atoms in total. The van der Waals surface area contributed by atoms with Gasteiger partial charge in [0.2, 0.25) is 17.8 Å². The minimum atomic E-state index is -0.449. The summed E-state index contributed by atoms with van der Waals surface area (Å²) < 4.78 is 36.5. The van der Waals surface area contributed by atoms with Gasteiger partial charge in [0.1, 0.15) is 52.0 Å². The molecule has 4 saturated heterocycles. The number of benzene rings is 2. The van der Waals surface area contributed by atoms with E-state index >= 15 is 0 Å². The van der Waals surface area contributed by atoms with E-state index in [0.29, 0.717) is 50.7 Å². The lowest BCUT2D eigenvalue weighted by atomic mass is 10.0. The lowest BCUT2D eigenvalue weighted by Crippen LogP contribution is -2.47. The number of carbonyl (C=O) groups excluding carboxylic acids is 3. The van der Waals surface area contributed by atoms with E-state index in [1.807, 2.05) is 18.9 Å². The Balaban J connectivity index is 0.000000202. The van der Waals surface area contributed by atoms with E-state index < -0.39 is 12.3 Å². The summed E-state index contributed by atoms with van der Waals surface area (Å²) in [7, 11) is 6.17. The second-order valence-electron chi connectivity index (χ2n) is 13.5. The van der Waals surface area contributed by atoms with Crippen molar-refractivity contribution in [2.45, 2.75) is 31.3 Å². The van der Waals surface area contributed by atoms with Crippen LogP contribution >= 0.6 is 0 Å². The third kappa shape index (κ3) is 14.6. The van der Waals surface area contributed by atoms with Crippen molar-refractivity contribution in [2.24, 2.45) is 0 Å². The van der Waals surface area contributed by atoms with Crippen molar-refractivity contribution in [3.63, 3.8) is 0 Å². The molecule has 5 heterocycles. The van der Waals surface area contributed by atoms with Gasteiger partial charge in [0, 0.05) is 48.0 Å². The number of ether oxygens (including phenoxy) is 7. The lowest BCUT2D eigenvalue weighted by molar-refractivity contribution is -0.0980. The number of amides is 4. The number of fused-ring (bicyclic) bond motifs is 1. The number of carbonyl (C=O) groups is 3. The van der Waals surface area contributed by atoms with Gasteiger partial charge in [-0.15, -0.1) is 0 Å². The maximum absolute atomic E-state index is 12.4. The number of anilines is 3. The molecular formula is C39H58N10O13. The maximum Gasteiger partial charge on any atom is 0.327 e. The molecule has 6 N–H and O–H groups in total. The summed E-state index contributed by atoms with van der Waals surface area (Å²) in [5.41, 5.74) is 3.51. The highest BCUT2D eigenvalue weighted by Gasteiger charge is 2.58. The van der Waals surface area contributed by atoms with Gasteiger partial charge in [-0.25, -0.2) is 9.59 Å². The summed E-state index contributed by atoms with van der Waals surface area (Å²) in [5, 5.41) is 34.6. The van der Waals surface area contributed by atoms with Crippen LogP contribution in [0.15, 0.2) is 48.5 Å². The molecule has 342 valence electrons. The minimum absolute atomic E-state index is 0.00765. The average Bonchev–Trinajstić information content (AvgIpc) is 4.25. The predicted molar refractivity (Wildman–Crippen MR) is 223 cm³/mol. The van der Waals surface area contributed by atoms with Crippen molar-refractivity contribution >= 4 is 36.7 Å². The van der Waals surface area contributed by atoms with Gasteiger partial charge >= 0.3 is 12.1 Å². The van der Waals surface area contributed by atoms with Gasteiger partial charge in [-0.2, -0.15) is 15.0 Å². The van der Waals surface area contributed by atoms with E-state index in [9.17, 15) is 9.59 Å². The number of aromatic nitrogens is 3. The number of urea groups is 2. The molecule has 62 heavy (non-hydrogen) atoms. The molecule has 0 saturated carbocycles. The molecular weight excluding hydrogens is 816 g/mol. The topological polar surface area (TPSA) is 271 Å². The molecule has 3 aromatic rings. The molecule has 23 heteroatoms. The van der Waals surface area contributed by atoms with Crippen molar-refractivity contribution in [2.75, 3.05) is 124 Å². The SMILES string of the molecule is C=O.COCN1C(=O)N(COC)C2C1N(C)C(=O)N2COC.OCCNc1nc(NCCO)nc(NCCO)n1.c1cc(-c2ccc(OCC3CO3)cc2)ccc1COC1CO1. The molecule has 4 fully saturated rings. The van der Waals surface area contributed by atoms with E-state index in [1.165, 1.54) is 52.1 Å². The molecule has 4 unspecified atom stereocenters. The molecule has 0 bridgehead atoms. The van der Waals surface area contributed by atoms with Crippen LogP contribution in [0, 0.1) is 0 Å². The first-order valence-corrected chi connectivity index (χ1v) is 19.6. The molecule has 7 rings (SSSR count). The molecule has 2 aromatic carbocycles. The highest BCUT2D eigenvalue weighted by molar-refractivity contribution is 5.84. The Hall–Kier alpha value is -5.50. The Bertz CT molecular complexity index is 1650. The van der Waals surface area contributed by atoms with E-state index in [-0.39, 0.29) is 64.5 Å². The maximum atomic E-state index is 12.4. The van der Waals surface area contributed by atoms with Gasteiger partial charge in [0.15, 0.2) is 18.6 Å². The van der Waals surface area contributed by atoms with Crippen molar-refractivity contribution < 1.29 is 62.9 Å². The number of hydrogen-bond donors (Lipinski definition) is 6. The summed E-state index contributed by atoms with van der Waals surface area (Å²) >= 11 is 0. The van der Waals surface area contributed by atoms with Crippen LogP contribution in [0.3, 0.4) is 0 Å². The fraction of sp³-hybridized carbons (Fsp3) is 0.538. The predicted octanol–water partition coefficient (Wildman–Crippen LogP) is 0.459. The quantitative estimate of drug-likeness (QED) is 0.0749. The second-order valence-corrected chi connectivity index (χ2v) is 13.5. The zero-order valence-corrected chi connectivity index (χ0v) is 35.4. The smallest absolute Gasteiger partial charge is 0.327 e. The van der Waals surface area contributed by atoms with Crippen LogP contribution in [-0.4, -0.2) is 201 Å². The summed E-state index contributed by atoms with van der Waals surface area (Å²) in [6, 6.07) is 16.1. The van der Waals surface area contributed by atoms with Crippen molar-refractivity contribution in [3.05, 3.63) is 54.1 Å². The van der Waals surface area contributed by atoms with Crippen LogP contribution < -0.4 is 20.7 Å². The van der Waals surface area contributed by atoms with Gasteiger partial charge in [-0.3, -0.25) is 14.7 Å². The number of nitrogens with one attached hydrogen (secondary N) is 3. The normalized spacial score (nSPS) is 19.3. The number of aliphatic hydroxyl groups is 3. The van der Waals surface area contributed by atoms with Crippen LogP contribution in [0.5, 0.6) is 5.75 Å². The summed E-state index contributed by atoms with van der Waals surface area (Å²) in [6.45, 7) is 5.95. The van der Waals surface area contributed by atoms with Crippen LogP contribution in [0.1, 0.15) is 5.56 Å². The Morgan fingerprint density at radius 2 is 1.11 bits per heavy atom. The first kappa shape index (κ1) is 49.2. The third-order valence-corrected chi connectivity index (χ3v) is 9.00. The Labute approximate surface area is 359 Å². The monoisotopic (exact) mass is 874 g/mol. The fourth-order valence-corrected chi connectivity index (χ4v) is 6.02. The standard InChI is InChI=1S/C18H18O4.C11H20N4O5.C9H18N6O3.CH2O/c1-3-14(4-2-13(1)9-21-18-12-22-18)15-5-7-16(8-6-15)19-10-17-11-20-17;1-12-8-9(14(6-19-3)10(12)16)15(7-20-4)11(17)13(8)5-18-2;16-4-1-10-7-13-8(11-2-5-17)15-9(14-7)12-3-6-18;1-2/h1-8,17-18H,9-12H2;8-9H,5-7H2,1-4H3;16-18H,1-6H2,(H3,10,11,12,13,14,15);1H2. The number of aliphatic hydroxyl groups excluding tert-OH is 3. The zero-order chi connectivity index (χ0) is 44.9. The van der Waals surface area contributed by atoms with Crippen LogP contribution in [0.25, 0.3) is 11.1 Å². The van der Waals surface area contributed by atoms with Crippen LogP contribution in [0.4, 0.5) is 27.4 Å². The third-order valence-electron chi connectivity index (χ3n) is 9.00. The molecule has 0 spiro atoms. The zero-order valence-electron chi connectivity index (χ0n) is 35.4. The molecule has 4 atom stereocenters. The van der Waals surface area contributed by atoms with Gasteiger partial charge in [-0.05, 0) is 28.8 Å². The molecule has 0 radical (unpaired) electrons. The van der Waals surface area contributed by atoms with E-state index in [2.05, 4.69) is 67.3 Å². The highest BCUT2D eigenvalue weighted by atomic mass is 16.8. The number of likely N-dealkylation sites (N-methyl/N-ethyl adjacent to an activating group) is 1. The van der Waals surface area contributed by atoms with Gasteiger partial charge in [0.05, 0.1) is 33.0 Å². The van der Waals surface area contributed by atoms with Crippen molar-refractivity contribution in [1.29, 1.82) is 0 Å².